The van der Waals surface area contributed by atoms with E-state index in [0.717, 1.165) is 5.56 Å². The molecule has 2 unspecified atom stereocenters. The molecule has 1 heterocycles. The molecule has 74 valence electrons. The number of hydrogen-bond donors (Lipinski definition) is 3. The van der Waals surface area contributed by atoms with Crippen LogP contribution < -0.4 is 5.32 Å². The first kappa shape index (κ1) is 9.02. The molecule has 1 aromatic carbocycles. The van der Waals surface area contributed by atoms with Gasteiger partial charge in [0, 0.05) is 11.6 Å². The fraction of sp³-hybridized carbons (Fsp3) is 0.300. The summed E-state index contributed by atoms with van der Waals surface area (Å²) in [5.74, 6) is -0.620. The number of carboxylic acids is 1. The lowest BCUT2D eigenvalue weighted by molar-refractivity contribution is -0.142. The Bertz CT molecular complexity index is 358. The zero-order valence-electron chi connectivity index (χ0n) is 7.47. The summed E-state index contributed by atoms with van der Waals surface area (Å²) in [6.07, 6.45) is 0.535. The highest BCUT2D eigenvalue weighted by molar-refractivity contribution is 5.75. The number of carboxylic acid groups (broad SMARTS) is 1. The quantitative estimate of drug-likeness (QED) is 0.652. The smallest absolute Gasteiger partial charge is 0.320 e. The molecule has 0 aliphatic carbocycles. The minimum atomic E-state index is -0.836. The minimum absolute atomic E-state index is 0.0303. The number of aliphatic carboxylic acids is 1. The van der Waals surface area contributed by atoms with Crippen molar-refractivity contribution in [3.8, 4) is 5.75 Å². The Hall–Kier alpha value is -1.55. The molecule has 0 spiro atoms. The van der Waals surface area contributed by atoms with Crippen LogP contribution in [0, 0.1) is 0 Å². The highest BCUT2D eigenvalue weighted by Crippen LogP contribution is 2.32. The van der Waals surface area contributed by atoms with E-state index < -0.39 is 12.0 Å². The number of phenolic OH excluding ortho intramolecular Hbond substituents is 1. The van der Waals surface area contributed by atoms with E-state index in [0.29, 0.717) is 6.42 Å². The van der Waals surface area contributed by atoms with E-state index in [1.807, 2.05) is 6.07 Å². The van der Waals surface area contributed by atoms with Gasteiger partial charge in [0.2, 0.25) is 0 Å². The third kappa shape index (κ3) is 1.44. The SMILES string of the molecule is O=C(O)C1CC(c2ccccc2O)N1. The van der Waals surface area contributed by atoms with Gasteiger partial charge in [-0.1, -0.05) is 18.2 Å². The molecule has 1 aliphatic rings. The van der Waals surface area contributed by atoms with Crippen molar-refractivity contribution in [1.29, 1.82) is 0 Å². The van der Waals surface area contributed by atoms with Crippen LogP contribution in [0.15, 0.2) is 24.3 Å². The van der Waals surface area contributed by atoms with Crippen molar-refractivity contribution in [2.24, 2.45) is 0 Å². The maximum absolute atomic E-state index is 10.5. The van der Waals surface area contributed by atoms with Crippen molar-refractivity contribution in [3.63, 3.8) is 0 Å². The van der Waals surface area contributed by atoms with Gasteiger partial charge in [0.1, 0.15) is 11.8 Å². The first-order valence-corrected chi connectivity index (χ1v) is 4.45. The number of phenols is 1. The second kappa shape index (κ2) is 3.31. The lowest BCUT2D eigenvalue weighted by atomic mass is 9.90. The standard InChI is InChI=1S/C10H11NO3/c12-9-4-2-1-3-6(9)7-5-8(11-7)10(13)14/h1-4,7-8,11-12H,5H2,(H,13,14). The van der Waals surface area contributed by atoms with Gasteiger partial charge in [0.25, 0.3) is 0 Å². The number of hydrogen-bond acceptors (Lipinski definition) is 3. The summed E-state index contributed by atoms with van der Waals surface area (Å²) in [7, 11) is 0. The Balaban J connectivity index is 2.07. The number of para-hydroxylation sites is 1. The molecule has 1 fully saturated rings. The van der Waals surface area contributed by atoms with E-state index in [4.69, 9.17) is 5.11 Å². The molecule has 1 aromatic rings. The predicted molar refractivity (Wildman–Crippen MR) is 50.0 cm³/mol. The second-order valence-electron chi connectivity index (χ2n) is 3.40. The van der Waals surface area contributed by atoms with E-state index in [2.05, 4.69) is 5.32 Å². The van der Waals surface area contributed by atoms with Crippen LogP contribution in [0.25, 0.3) is 0 Å². The molecular weight excluding hydrogens is 182 g/mol. The van der Waals surface area contributed by atoms with Crippen LogP contribution in [0.1, 0.15) is 18.0 Å². The highest BCUT2D eigenvalue weighted by atomic mass is 16.4. The molecule has 3 N–H and O–H groups in total. The van der Waals surface area contributed by atoms with Crippen molar-refractivity contribution >= 4 is 5.97 Å². The molecule has 14 heavy (non-hydrogen) atoms. The molecule has 0 amide bonds. The summed E-state index contributed by atoms with van der Waals surface area (Å²) >= 11 is 0. The number of carbonyl (C=O) groups is 1. The summed E-state index contributed by atoms with van der Waals surface area (Å²) in [5, 5.41) is 21.0. The van der Waals surface area contributed by atoms with Gasteiger partial charge < -0.3 is 10.2 Å². The Morgan fingerprint density at radius 2 is 2.07 bits per heavy atom. The van der Waals surface area contributed by atoms with Gasteiger partial charge in [-0.05, 0) is 12.5 Å². The fourth-order valence-corrected chi connectivity index (χ4v) is 1.63. The topological polar surface area (TPSA) is 69.6 Å². The van der Waals surface area contributed by atoms with Gasteiger partial charge in [-0.15, -0.1) is 0 Å². The Morgan fingerprint density at radius 3 is 2.64 bits per heavy atom. The first-order chi connectivity index (χ1) is 6.68. The van der Waals surface area contributed by atoms with Crippen LogP contribution in [0.4, 0.5) is 0 Å². The Morgan fingerprint density at radius 1 is 1.43 bits per heavy atom. The van der Waals surface area contributed by atoms with Crippen molar-refractivity contribution < 1.29 is 15.0 Å². The van der Waals surface area contributed by atoms with Crippen LogP contribution >= 0.6 is 0 Å². The van der Waals surface area contributed by atoms with Crippen LogP contribution in [-0.2, 0) is 4.79 Å². The number of aromatic hydroxyl groups is 1. The highest BCUT2D eigenvalue weighted by Gasteiger charge is 2.35. The maximum atomic E-state index is 10.5. The number of benzene rings is 1. The molecule has 1 saturated heterocycles. The van der Waals surface area contributed by atoms with E-state index in [9.17, 15) is 9.90 Å². The zero-order chi connectivity index (χ0) is 10.1. The maximum Gasteiger partial charge on any atom is 0.320 e. The van der Waals surface area contributed by atoms with E-state index >= 15 is 0 Å². The molecule has 0 aromatic heterocycles. The largest absolute Gasteiger partial charge is 0.508 e. The summed E-state index contributed by atoms with van der Waals surface area (Å²) in [4.78, 5) is 10.5. The monoisotopic (exact) mass is 193 g/mol. The molecule has 4 nitrogen and oxygen atoms in total. The van der Waals surface area contributed by atoms with Crippen LogP contribution in [0.3, 0.4) is 0 Å². The van der Waals surface area contributed by atoms with E-state index in [-0.39, 0.29) is 11.8 Å². The van der Waals surface area contributed by atoms with Crippen molar-refractivity contribution in [2.45, 2.75) is 18.5 Å². The molecule has 4 heteroatoms. The summed E-state index contributed by atoms with van der Waals surface area (Å²) in [5.41, 5.74) is 0.769. The van der Waals surface area contributed by atoms with E-state index in [1.165, 1.54) is 0 Å². The van der Waals surface area contributed by atoms with Crippen LogP contribution in [-0.4, -0.2) is 22.2 Å². The molecule has 0 bridgehead atoms. The molecule has 2 atom stereocenters. The third-order valence-electron chi connectivity index (χ3n) is 2.48. The predicted octanol–water partition coefficient (Wildman–Crippen LogP) is 0.880. The second-order valence-corrected chi connectivity index (χ2v) is 3.40. The van der Waals surface area contributed by atoms with Gasteiger partial charge in [0.15, 0.2) is 0 Å². The zero-order valence-corrected chi connectivity index (χ0v) is 7.47. The molecule has 2 rings (SSSR count). The average molecular weight is 193 g/mol. The normalized spacial score (nSPS) is 25.4. The molecular formula is C10H11NO3. The molecule has 0 radical (unpaired) electrons. The van der Waals surface area contributed by atoms with Crippen molar-refractivity contribution in [3.05, 3.63) is 29.8 Å². The third-order valence-corrected chi connectivity index (χ3v) is 2.48. The van der Waals surface area contributed by atoms with Crippen molar-refractivity contribution in [2.75, 3.05) is 0 Å². The lowest BCUT2D eigenvalue weighted by Crippen LogP contribution is -2.50. The first-order valence-electron chi connectivity index (χ1n) is 4.45. The van der Waals surface area contributed by atoms with Gasteiger partial charge in [-0.25, -0.2) is 0 Å². The number of nitrogens with one attached hydrogen (secondary N) is 1. The van der Waals surface area contributed by atoms with Gasteiger partial charge in [-0.3, -0.25) is 10.1 Å². The Kier molecular flexibility index (Phi) is 2.13. The van der Waals surface area contributed by atoms with Gasteiger partial charge >= 0.3 is 5.97 Å². The van der Waals surface area contributed by atoms with E-state index in [1.54, 1.807) is 18.2 Å². The van der Waals surface area contributed by atoms with Crippen molar-refractivity contribution in [1.82, 2.24) is 5.32 Å². The lowest BCUT2D eigenvalue weighted by Gasteiger charge is -2.34. The van der Waals surface area contributed by atoms with Crippen LogP contribution in [0.5, 0.6) is 5.75 Å². The fourth-order valence-electron chi connectivity index (χ4n) is 1.63. The molecule has 0 saturated carbocycles. The van der Waals surface area contributed by atoms with Gasteiger partial charge in [-0.2, -0.15) is 0 Å². The van der Waals surface area contributed by atoms with Gasteiger partial charge in [0.05, 0.1) is 0 Å². The summed E-state index contributed by atoms with van der Waals surface area (Å²) in [6, 6.07) is 6.46. The summed E-state index contributed by atoms with van der Waals surface area (Å²) in [6.45, 7) is 0. The average Bonchev–Trinajstić information content (AvgIpc) is 2.05. The van der Waals surface area contributed by atoms with Crippen LogP contribution in [0.2, 0.25) is 0 Å². The summed E-state index contributed by atoms with van der Waals surface area (Å²) < 4.78 is 0. The molecule has 1 aliphatic heterocycles. The Labute approximate surface area is 81.2 Å². The minimum Gasteiger partial charge on any atom is -0.508 e. The number of rotatable bonds is 2.